The minimum Gasteiger partial charge on any atom is -0.383 e. The Labute approximate surface area is 176 Å². The van der Waals surface area contributed by atoms with Crippen LogP contribution in [0.25, 0.3) is 0 Å². The van der Waals surface area contributed by atoms with Crippen LogP contribution < -0.4 is 5.73 Å². The first kappa shape index (κ1) is 20.0. The summed E-state index contributed by atoms with van der Waals surface area (Å²) in [5, 5.41) is 14.6. The lowest BCUT2D eigenvalue weighted by molar-refractivity contribution is -0.119. The third-order valence-electron chi connectivity index (χ3n) is 5.84. The van der Waals surface area contributed by atoms with Gasteiger partial charge < -0.3 is 10.5 Å². The van der Waals surface area contributed by atoms with Gasteiger partial charge in [-0.05, 0) is 23.5 Å². The monoisotopic (exact) mass is 412 g/mol. The molecule has 1 saturated heterocycles. The summed E-state index contributed by atoms with van der Waals surface area (Å²) in [4.78, 5) is 13.4. The topological polar surface area (TPSA) is 82.6 Å². The molecule has 1 aromatic carbocycles. The van der Waals surface area contributed by atoms with Crippen molar-refractivity contribution in [1.82, 2.24) is 10.0 Å². The van der Waals surface area contributed by atoms with Crippen molar-refractivity contribution < 1.29 is 9.53 Å². The molecule has 0 unspecified atom stereocenters. The van der Waals surface area contributed by atoms with Crippen LogP contribution in [0.5, 0.6) is 0 Å². The van der Waals surface area contributed by atoms with Crippen LogP contribution in [-0.2, 0) is 9.53 Å². The van der Waals surface area contributed by atoms with Crippen molar-refractivity contribution in [2.45, 2.75) is 32.6 Å². The molecule has 0 spiro atoms. The van der Waals surface area contributed by atoms with Crippen molar-refractivity contribution in [3.05, 3.63) is 57.5 Å². The number of ether oxygens (including phenoxy) is 1. The first-order valence-electron chi connectivity index (χ1n) is 9.87. The van der Waals surface area contributed by atoms with Gasteiger partial charge in [0.2, 0.25) is 0 Å². The Morgan fingerprint density at radius 3 is 2.59 bits per heavy atom. The molecule has 0 radical (unpaired) electrons. The van der Waals surface area contributed by atoms with Gasteiger partial charge in [0.1, 0.15) is 5.82 Å². The predicted molar refractivity (Wildman–Crippen MR) is 110 cm³/mol. The summed E-state index contributed by atoms with van der Waals surface area (Å²) in [7, 11) is 0. The number of nitrogens with two attached hydrogens (primary N) is 1. The molecule has 0 bridgehead atoms. The van der Waals surface area contributed by atoms with Crippen molar-refractivity contribution in [1.29, 1.82) is 5.26 Å². The molecular formula is C22H25ClN4O2. The summed E-state index contributed by atoms with van der Waals surface area (Å²) in [5.41, 5.74) is 9.06. The molecule has 7 heteroatoms. The summed E-state index contributed by atoms with van der Waals surface area (Å²) in [5.74, 6) is -0.104. The van der Waals surface area contributed by atoms with Gasteiger partial charge in [-0.15, -0.1) is 0 Å². The van der Waals surface area contributed by atoms with E-state index >= 15 is 0 Å². The van der Waals surface area contributed by atoms with E-state index < -0.39 is 5.92 Å². The van der Waals surface area contributed by atoms with Crippen molar-refractivity contribution >= 4 is 17.4 Å². The Bertz CT molecular complexity index is 954. The largest absolute Gasteiger partial charge is 0.383 e. The number of benzene rings is 1. The zero-order valence-electron chi connectivity index (χ0n) is 16.7. The van der Waals surface area contributed by atoms with Crippen LogP contribution in [0.2, 0.25) is 5.02 Å². The van der Waals surface area contributed by atoms with Gasteiger partial charge in [0.15, 0.2) is 5.78 Å². The first-order valence-corrected chi connectivity index (χ1v) is 10.2. The van der Waals surface area contributed by atoms with Gasteiger partial charge in [-0.25, -0.2) is 5.01 Å². The van der Waals surface area contributed by atoms with Crippen LogP contribution in [-0.4, -0.2) is 42.1 Å². The van der Waals surface area contributed by atoms with E-state index in [0.29, 0.717) is 61.1 Å². The fourth-order valence-electron chi connectivity index (χ4n) is 4.59. The zero-order valence-corrected chi connectivity index (χ0v) is 17.5. The van der Waals surface area contributed by atoms with Crippen LogP contribution in [0.15, 0.2) is 46.9 Å². The number of halogens is 1. The predicted octanol–water partition coefficient (Wildman–Crippen LogP) is 3.32. The smallest absolute Gasteiger partial charge is 0.162 e. The maximum absolute atomic E-state index is 13.4. The van der Waals surface area contributed by atoms with Gasteiger partial charge in [-0.2, -0.15) is 5.26 Å². The highest BCUT2D eigenvalue weighted by Crippen LogP contribution is 2.50. The van der Waals surface area contributed by atoms with Gasteiger partial charge in [-0.1, -0.05) is 43.6 Å². The SMILES string of the molecule is CC1(C)CC(=O)C2=C(C1)N(N1CCOCC1)C(N)=C(C#N)[C@H]2c1ccccc1Cl. The van der Waals surface area contributed by atoms with E-state index in [0.717, 1.165) is 11.3 Å². The minimum absolute atomic E-state index is 0.0553. The molecule has 0 saturated carbocycles. The van der Waals surface area contributed by atoms with Crippen LogP contribution in [0, 0.1) is 16.7 Å². The fraction of sp³-hybridized carbons (Fsp3) is 0.455. The average molecular weight is 413 g/mol. The minimum atomic E-state index is -0.537. The number of Topliss-reactive ketones (excluding diaryl/α,β-unsaturated/α-hetero) is 1. The molecule has 2 aliphatic heterocycles. The molecule has 4 rings (SSSR count). The zero-order chi connectivity index (χ0) is 20.8. The van der Waals surface area contributed by atoms with Gasteiger partial charge in [0.05, 0.1) is 30.8 Å². The Balaban J connectivity index is 1.94. The molecule has 1 aliphatic carbocycles. The Hall–Kier alpha value is -2.33. The second-order valence-electron chi connectivity index (χ2n) is 8.54. The highest BCUT2D eigenvalue weighted by atomic mass is 35.5. The number of allylic oxidation sites excluding steroid dienone is 3. The van der Waals surface area contributed by atoms with Gasteiger partial charge in [0.25, 0.3) is 0 Å². The summed E-state index contributed by atoms with van der Waals surface area (Å²) in [6.07, 6.45) is 1.13. The quantitative estimate of drug-likeness (QED) is 0.802. The summed E-state index contributed by atoms with van der Waals surface area (Å²) in [6, 6.07) is 9.66. The number of nitriles is 1. The lowest BCUT2D eigenvalue weighted by Gasteiger charge is -2.48. The highest BCUT2D eigenvalue weighted by molar-refractivity contribution is 6.31. The molecule has 152 valence electrons. The molecule has 0 aromatic heterocycles. The van der Waals surface area contributed by atoms with E-state index in [-0.39, 0.29) is 11.2 Å². The lowest BCUT2D eigenvalue weighted by Crippen LogP contribution is -2.53. The Morgan fingerprint density at radius 2 is 1.93 bits per heavy atom. The normalized spacial score (nSPS) is 25.1. The maximum Gasteiger partial charge on any atom is 0.162 e. The van der Waals surface area contributed by atoms with E-state index in [1.807, 2.05) is 23.2 Å². The second kappa shape index (κ2) is 7.49. The molecular weight excluding hydrogens is 388 g/mol. The number of hydrazine groups is 1. The third kappa shape index (κ3) is 3.44. The molecule has 29 heavy (non-hydrogen) atoms. The van der Waals surface area contributed by atoms with E-state index in [2.05, 4.69) is 24.9 Å². The number of rotatable bonds is 2. The third-order valence-corrected chi connectivity index (χ3v) is 6.18. The van der Waals surface area contributed by atoms with E-state index in [1.165, 1.54) is 0 Å². The van der Waals surface area contributed by atoms with Crippen LogP contribution >= 0.6 is 11.6 Å². The summed E-state index contributed by atoms with van der Waals surface area (Å²) in [6.45, 7) is 6.66. The standard InChI is InChI=1S/C22H25ClN4O2/c1-22(2)11-17-20(18(28)12-22)19(14-5-3-4-6-16(14)23)15(13-24)21(25)27(17)26-7-9-29-10-8-26/h3-6,19H,7-12,25H2,1-2H3/t19-/m1/s1. The molecule has 6 nitrogen and oxygen atoms in total. The van der Waals surface area contributed by atoms with Crippen molar-refractivity contribution in [3.63, 3.8) is 0 Å². The molecule has 1 fully saturated rings. The Kier molecular flexibility index (Phi) is 5.16. The number of carbonyl (C=O) groups is 1. The second-order valence-corrected chi connectivity index (χ2v) is 8.95. The number of carbonyl (C=O) groups excluding carboxylic acids is 1. The molecule has 2 heterocycles. The van der Waals surface area contributed by atoms with Crippen molar-refractivity contribution in [3.8, 4) is 6.07 Å². The van der Waals surface area contributed by atoms with Gasteiger partial charge in [-0.3, -0.25) is 9.80 Å². The molecule has 0 amide bonds. The first-order chi connectivity index (χ1) is 13.8. The molecule has 1 aromatic rings. The van der Waals surface area contributed by atoms with Gasteiger partial charge >= 0.3 is 0 Å². The number of hydrogen-bond acceptors (Lipinski definition) is 6. The number of nitrogens with zero attached hydrogens (tertiary/aromatic N) is 3. The fourth-order valence-corrected chi connectivity index (χ4v) is 4.83. The lowest BCUT2D eigenvalue weighted by atomic mass is 9.69. The van der Waals surface area contributed by atoms with Crippen molar-refractivity contribution in [2.75, 3.05) is 26.3 Å². The number of ketones is 1. The van der Waals surface area contributed by atoms with Gasteiger partial charge in [0, 0.05) is 35.8 Å². The summed E-state index contributed by atoms with van der Waals surface area (Å²) >= 11 is 6.50. The van der Waals surface area contributed by atoms with E-state index in [1.54, 1.807) is 6.07 Å². The molecule has 1 atom stereocenters. The van der Waals surface area contributed by atoms with Crippen molar-refractivity contribution in [2.24, 2.45) is 11.1 Å². The average Bonchev–Trinajstić information content (AvgIpc) is 2.67. The maximum atomic E-state index is 13.4. The highest BCUT2D eigenvalue weighted by Gasteiger charge is 2.46. The summed E-state index contributed by atoms with van der Waals surface area (Å²) < 4.78 is 5.49. The van der Waals surface area contributed by atoms with Crippen LogP contribution in [0.1, 0.15) is 38.2 Å². The van der Waals surface area contributed by atoms with E-state index in [4.69, 9.17) is 22.1 Å². The number of morpholine rings is 1. The van der Waals surface area contributed by atoms with Crippen LogP contribution in [0.4, 0.5) is 0 Å². The molecule has 2 N–H and O–H groups in total. The van der Waals surface area contributed by atoms with Crippen LogP contribution in [0.3, 0.4) is 0 Å². The van der Waals surface area contributed by atoms with E-state index in [9.17, 15) is 10.1 Å². The Morgan fingerprint density at radius 1 is 1.24 bits per heavy atom. The number of hydrogen-bond donors (Lipinski definition) is 1. The molecule has 3 aliphatic rings.